The van der Waals surface area contributed by atoms with Crippen LogP contribution in [0.4, 0.5) is 0 Å². The summed E-state index contributed by atoms with van der Waals surface area (Å²) in [6.07, 6.45) is 4.03. The van der Waals surface area contributed by atoms with Crippen LogP contribution in [0.5, 0.6) is 0 Å². The van der Waals surface area contributed by atoms with Crippen LogP contribution >= 0.6 is 11.6 Å². The van der Waals surface area contributed by atoms with Crippen LogP contribution < -0.4 is 0 Å². The van der Waals surface area contributed by atoms with E-state index in [1.165, 1.54) is 12.8 Å². The molecule has 0 aromatic carbocycles. The van der Waals surface area contributed by atoms with Crippen molar-refractivity contribution in [3.63, 3.8) is 0 Å². The fraction of sp³-hybridized carbons (Fsp3) is 0.333. The molecule has 1 aliphatic carbocycles. The number of halogens is 1. The van der Waals surface area contributed by atoms with Crippen molar-refractivity contribution >= 4 is 11.6 Å². The molecule has 2 aromatic rings. The predicted molar refractivity (Wildman–Crippen MR) is 61.5 cm³/mol. The molecular formula is C12H11ClN2O. The van der Waals surface area contributed by atoms with Gasteiger partial charge >= 0.3 is 0 Å². The van der Waals surface area contributed by atoms with Crippen molar-refractivity contribution in [3.05, 3.63) is 34.8 Å². The lowest BCUT2D eigenvalue weighted by Crippen LogP contribution is -1.87. The third-order valence-electron chi connectivity index (χ3n) is 2.82. The van der Waals surface area contributed by atoms with Crippen LogP contribution in [0.15, 0.2) is 22.9 Å². The van der Waals surface area contributed by atoms with Crippen molar-refractivity contribution in [1.29, 1.82) is 0 Å². The molecule has 16 heavy (non-hydrogen) atoms. The Morgan fingerprint density at radius 3 is 2.81 bits per heavy atom. The van der Waals surface area contributed by atoms with Crippen LogP contribution in [0.1, 0.15) is 30.2 Å². The summed E-state index contributed by atoms with van der Waals surface area (Å²) < 4.78 is 5.38. The van der Waals surface area contributed by atoms with E-state index in [2.05, 4.69) is 10.1 Å². The van der Waals surface area contributed by atoms with E-state index >= 15 is 0 Å². The van der Waals surface area contributed by atoms with Gasteiger partial charge in [-0.15, -0.1) is 0 Å². The number of aromatic nitrogens is 2. The Labute approximate surface area is 98.4 Å². The molecule has 3 nitrogen and oxygen atoms in total. The van der Waals surface area contributed by atoms with Gasteiger partial charge in [0.1, 0.15) is 5.76 Å². The summed E-state index contributed by atoms with van der Waals surface area (Å²) in [5.74, 6) is 1.51. The first-order chi connectivity index (χ1) is 7.75. The minimum atomic E-state index is 0.536. The van der Waals surface area contributed by atoms with Crippen molar-refractivity contribution in [3.8, 4) is 11.3 Å². The third kappa shape index (κ3) is 1.61. The van der Waals surface area contributed by atoms with Crippen LogP contribution in [-0.4, -0.2) is 10.1 Å². The van der Waals surface area contributed by atoms with Crippen molar-refractivity contribution in [2.24, 2.45) is 0 Å². The van der Waals surface area contributed by atoms with Gasteiger partial charge in [0.05, 0.1) is 22.0 Å². The molecule has 4 heteroatoms. The smallest absolute Gasteiger partial charge is 0.149 e. The molecule has 1 aliphatic rings. The number of hydrogen-bond acceptors (Lipinski definition) is 3. The molecule has 1 fully saturated rings. The van der Waals surface area contributed by atoms with E-state index in [1.54, 1.807) is 6.20 Å². The molecule has 2 aromatic heterocycles. The van der Waals surface area contributed by atoms with E-state index in [0.29, 0.717) is 10.9 Å². The van der Waals surface area contributed by atoms with Gasteiger partial charge in [0.25, 0.3) is 0 Å². The van der Waals surface area contributed by atoms with Crippen LogP contribution in [0, 0.1) is 6.92 Å². The van der Waals surface area contributed by atoms with Gasteiger partial charge < -0.3 is 4.52 Å². The molecular weight excluding hydrogens is 224 g/mol. The van der Waals surface area contributed by atoms with Gasteiger partial charge in [0.15, 0.2) is 0 Å². The summed E-state index contributed by atoms with van der Waals surface area (Å²) in [7, 11) is 0. The average Bonchev–Trinajstić information content (AvgIpc) is 3.05. The van der Waals surface area contributed by atoms with Crippen molar-refractivity contribution in [2.75, 3.05) is 0 Å². The molecule has 0 amide bonds. The zero-order valence-corrected chi connectivity index (χ0v) is 9.66. The second-order valence-electron chi connectivity index (χ2n) is 4.14. The lowest BCUT2D eigenvalue weighted by molar-refractivity contribution is 0.381. The SMILES string of the molecule is Cc1noc(C2CC2)c1-c1ccc(Cl)cn1. The molecule has 0 N–H and O–H groups in total. The first kappa shape index (κ1) is 9.85. The molecule has 2 heterocycles. The summed E-state index contributed by atoms with van der Waals surface area (Å²) in [6, 6.07) is 3.75. The van der Waals surface area contributed by atoms with E-state index in [9.17, 15) is 0 Å². The molecule has 0 atom stereocenters. The van der Waals surface area contributed by atoms with Gasteiger partial charge in [-0.3, -0.25) is 4.98 Å². The highest BCUT2D eigenvalue weighted by Crippen LogP contribution is 2.45. The molecule has 82 valence electrons. The Kier molecular flexibility index (Phi) is 2.21. The fourth-order valence-electron chi connectivity index (χ4n) is 1.85. The molecule has 0 aliphatic heterocycles. The monoisotopic (exact) mass is 234 g/mol. The highest BCUT2D eigenvalue weighted by Gasteiger charge is 2.32. The maximum Gasteiger partial charge on any atom is 0.149 e. The van der Waals surface area contributed by atoms with E-state index in [-0.39, 0.29) is 0 Å². The van der Waals surface area contributed by atoms with Gasteiger partial charge in [0.2, 0.25) is 0 Å². The molecule has 3 rings (SSSR count). The lowest BCUT2D eigenvalue weighted by atomic mass is 10.1. The fourth-order valence-corrected chi connectivity index (χ4v) is 1.96. The molecule has 0 radical (unpaired) electrons. The maximum absolute atomic E-state index is 5.83. The summed E-state index contributed by atoms with van der Waals surface area (Å²) in [4.78, 5) is 4.32. The highest BCUT2D eigenvalue weighted by molar-refractivity contribution is 6.30. The number of pyridine rings is 1. The van der Waals surface area contributed by atoms with Gasteiger partial charge in [-0.2, -0.15) is 0 Å². The third-order valence-corrected chi connectivity index (χ3v) is 3.04. The Balaban J connectivity index is 2.10. The summed E-state index contributed by atoms with van der Waals surface area (Å²) in [5, 5.41) is 4.67. The number of rotatable bonds is 2. The van der Waals surface area contributed by atoms with Gasteiger partial charge in [-0.25, -0.2) is 0 Å². The zero-order chi connectivity index (χ0) is 11.1. The van der Waals surface area contributed by atoms with Crippen molar-refractivity contribution in [2.45, 2.75) is 25.7 Å². The largest absolute Gasteiger partial charge is 0.360 e. The highest BCUT2D eigenvalue weighted by atomic mass is 35.5. The Morgan fingerprint density at radius 1 is 1.38 bits per heavy atom. The van der Waals surface area contributed by atoms with Gasteiger partial charge in [-0.05, 0) is 31.9 Å². The summed E-state index contributed by atoms with van der Waals surface area (Å²) in [5.41, 5.74) is 2.83. The molecule has 0 unspecified atom stereocenters. The summed E-state index contributed by atoms with van der Waals surface area (Å²) in [6.45, 7) is 1.95. The van der Waals surface area contributed by atoms with Crippen LogP contribution in [0.2, 0.25) is 5.02 Å². The average molecular weight is 235 g/mol. The quantitative estimate of drug-likeness (QED) is 0.797. The van der Waals surface area contributed by atoms with Crippen LogP contribution in [0.25, 0.3) is 11.3 Å². The van der Waals surface area contributed by atoms with Crippen molar-refractivity contribution in [1.82, 2.24) is 10.1 Å². The van der Waals surface area contributed by atoms with E-state index in [0.717, 1.165) is 22.7 Å². The van der Waals surface area contributed by atoms with E-state index in [4.69, 9.17) is 16.1 Å². The predicted octanol–water partition coefficient (Wildman–Crippen LogP) is 3.58. The first-order valence-corrected chi connectivity index (χ1v) is 5.71. The standard InChI is InChI=1S/C12H11ClN2O/c1-7-11(10-5-4-9(13)6-14-10)12(16-15-7)8-2-3-8/h4-6,8H,2-3H2,1H3. The van der Waals surface area contributed by atoms with Gasteiger partial charge in [0, 0.05) is 12.1 Å². The topological polar surface area (TPSA) is 38.9 Å². The molecule has 0 spiro atoms. The van der Waals surface area contributed by atoms with Crippen LogP contribution in [0.3, 0.4) is 0 Å². The number of nitrogens with zero attached hydrogens (tertiary/aromatic N) is 2. The number of hydrogen-bond donors (Lipinski definition) is 0. The molecule has 1 saturated carbocycles. The molecule has 0 saturated heterocycles. The Hall–Kier alpha value is -1.35. The second kappa shape index (κ2) is 3.59. The maximum atomic E-state index is 5.83. The minimum Gasteiger partial charge on any atom is -0.360 e. The molecule has 0 bridgehead atoms. The normalized spacial score (nSPS) is 15.4. The van der Waals surface area contributed by atoms with Crippen molar-refractivity contribution < 1.29 is 4.52 Å². The Morgan fingerprint density at radius 2 is 2.19 bits per heavy atom. The van der Waals surface area contributed by atoms with Gasteiger partial charge in [-0.1, -0.05) is 16.8 Å². The van der Waals surface area contributed by atoms with Crippen LogP contribution in [-0.2, 0) is 0 Å². The first-order valence-electron chi connectivity index (χ1n) is 5.34. The summed E-state index contributed by atoms with van der Waals surface area (Å²) >= 11 is 5.83. The Bertz CT molecular complexity index is 514. The minimum absolute atomic E-state index is 0.536. The lowest BCUT2D eigenvalue weighted by Gasteiger charge is -2.00. The van der Waals surface area contributed by atoms with E-state index < -0.39 is 0 Å². The zero-order valence-electron chi connectivity index (χ0n) is 8.90. The second-order valence-corrected chi connectivity index (χ2v) is 4.58. The van der Waals surface area contributed by atoms with E-state index in [1.807, 2.05) is 19.1 Å². The number of aryl methyl sites for hydroxylation is 1.